The molecule has 4 rings (SSSR count). The lowest BCUT2D eigenvalue weighted by Crippen LogP contribution is -2.32. The van der Waals surface area contributed by atoms with Gasteiger partial charge in [0.05, 0.1) is 5.92 Å². The first-order valence-electron chi connectivity index (χ1n) is 8.28. The maximum atomic E-state index is 12.7. The lowest BCUT2D eigenvalue weighted by atomic mass is 9.92. The predicted molar refractivity (Wildman–Crippen MR) is 90.9 cm³/mol. The van der Waals surface area contributed by atoms with Crippen molar-refractivity contribution in [2.75, 3.05) is 13.1 Å². The van der Waals surface area contributed by atoms with E-state index in [9.17, 15) is 14.7 Å². The van der Waals surface area contributed by atoms with Crippen molar-refractivity contribution in [1.82, 2.24) is 9.47 Å². The molecule has 126 valence electrons. The molecule has 2 heterocycles. The molecule has 24 heavy (non-hydrogen) atoms. The van der Waals surface area contributed by atoms with Gasteiger partial charge in [-0.3, -0.25) is 9.59 Å². The molecule has 0 bridgehead atoms. The van der Waals surface area contributed by atoms with Crippen LogP contribution in [0, 0.1) is 17.8 Å². The Bertz CT molecular complexity index is 812. The number of rotatable bonds is 4. The summed E-state index contributed by atoms with van der Waals surface area (Å²) in [6, 6.07) is 7.56. The summed E-state index contributed by atoms with van der Waals surface area (Å²) >= 11 is 6.05. The van der Waals surface area contributed by atoms with Crippen LogP contribution >= 0.6 is 11.6 Å². The summed E-state index contributed by atoms with van der Waals surface area (Å²) in [6.45, 7) is 1.11. The topological polar surface area (TPSA) is 62.5 Å². The van der Waals surface area contributed by atoms with E-state index in [4.69, 9.17) is 11.6 Å². The number of fused-ring (bicyclic) bond motifs is 1. The third-order valence-electron chi connectivity index (χ3n) is 5.30. The number of carbonyl (C=O) groups excluding carboxylic acids is 1. The van der Waals surface area contributed by atoms with E-state index in [1.54, 1.807) is 4.90 Å². The van der Waals surface area contributed by atoms with Gasteiger partial charge in [0.15, 0.2) is 0 Å². The average molecular weight is 347 g/mol. The van der Waals surface area contributed by atoms with Crippen molar-refractivity contribution in [2.24, 2.45) is 17.8 Å². The normalized spacial score (nSPS) is 23.8. The van der Waals surface area contributed by atoms with Crippen LogP contribution in [0.3, 0.4) is 0 Å². The fourth-order valence-electron chi connectivity index (χ4n) is 3.84. The van der Waals surface area contributed by atoms with Crippen molar-refractivity contribution in [3.05, 3.63) is 35.5 Å². The summed E-state index contributed by atoms with van der Waals surface area (Å²) in [6.07, 6.45) is 4.07. The zero-order valence-electron chi connectivity index (χ0n) is 13.2. The molecule has 0 radical (unpaired) electrons. The molecule has 1 aromatic carbocycles. The Balaban J connectivity index is 1.51. The van der Waals surface area contributed by atoms with E-state index in [0.29, 0.717) is 24.0 Å². The molecule has 1 aliphatic carbocycles. The lowest BCUT2D eigenvalue weighted by molar-refractivity contribution is -0.142. The number of nitrogens with zero attached hydrogens (tertiary/aromatic N) is 2. The highest BCUT2D eigenvalue weighted by Crippen LogP contribution is 2.44. The van der Waals surface area contributed by atoms with Crippen LogP contribution in [0.2, 0.25) is 5.02 Å². The third kappa shape index (κ3) is 2.77. The summed E-state index contributed by atoms with van der Waals surface area (Å²) in [4.78, 5) is 25.9. The number of hydrogen-bond donors (Lipinski definition) is 1. The second-order valence-corrected chi connectivity index (χ2v) is 7.33. The van der Waals surface area contributed by atoms with Crippen LogP contribution in [0.5, 0.6) is 0 Å². The van der Waals surface area contributed by atoms with Crippen molar-refractivity contribution in [3.8, 4) is 0 Å². The summed E-state index contributed by atoms with van der Waals surface area (Å²) in [7, 11) is 0. The van der Waals surface area contributed by atoms with Gasteiger partial charge in [0.1, 0.15) is 6.54 Å². The van der Waals surface area contributed by atoms with Gasteiger partial charge in [0, 0.05) is 29.8 Å². The molecule has 5 nitrogen and oxygen atoms in total. The van der Waals surface area contributed by atoms with Gasteiger partial charge in [-0.25, -0.2) is 0 Å². The molecule has 2 aliphatic rings. The van der Waals surface area contributed by atoms with Gasteiger partial charge >= 0.3 is 5.97 Å². The molecule has 1 aromatic heterocycles. The highest BCUT2D eigenvalue weighted by Gasteiger charge is 2.46. The standard InChI is InChI=1S/C18H19ClN2O3/c19-13-4-3-12-5-6-20(16(12)7-13)10-17(22)21-8-14(11-1-2-11)15(9-21)18(23)24/h3-7,11,14-15H,1-2,8-10H2,(H,23,24)/t14-,15+/m1/s1. The van der Waals surface area contributed by atoms with Gasteiger partial charge in [-0.1, -0.05) is 17.7 Å². The lowest BCUT2D eigenvalue weighted by Gasteiger charge is -2.17. The summed E-state index contributed by atoms with van der Waals surface area (Å²) in [5.41, 5.74) is 0.920. The number of carbonyl (C=O) groups is 2. The molecule has 6 heteroatoms. The second-order valence-electron chi connectivity index (χ2n) is 6.89. The number of halogens is 1. The Morgan fingerprint density at radius 2 is 2.00 bits per heavy atom. The van der Waals surface area contributed by atoms with Crippen molar-refractivity contribution in [1.29, 1.82) is 0 Å². The number of amides is 1. The minimum Gasteiger partial charge on any atom is -0.481 e. The van der Waals surface area contributed by atoms with Gasteiger partial charge in [-0.05, 0) is 48.3 Å². The monoisotopic (exact) mass is 346 g/mol. The van der Waals surface area contributed by atoms with E-state index in [0.717, 1.165) is 23.7 Å². The second kappa shape index (κ2) is 5.81. The van der Waals surface area contributed by atoms with E-state index in [1.807, 2.05) is 35.0 Å². The maximum absolute atomic E-state index is 12.7. The van der Waals surface area contributed by atoms with Crippen LogP contribution in [-0.2, 0) is 16.1 Å². The first-order valence-corrected chi connectivity index (χ1v) is 8.65. The highest BCUT2D eigenvalue weighted by molar-refractivity contribution is 6.31. The van der Waals surface area contributed by atoms with Crippen molar-refractivity contribution >= 4 is 34.4 Å². The zero-order valence-corrected chi connectivity index (χ0v) is 13.9. The quantitative estimate of drug-likeness (QED) is 0.926. The van der Waals surface area contributed by atoms with Crippen molar-refractivity contribution in [3.63, 3.8) is 0 Å². The molecule has 1 saturated carbocycles. The maximum Gasteiger partial charge on any atom is 0.308 e. The highest BCUT2D eigenvalue weighted by atomic mass is 35.5. The minimum atomic E-state index is -0.777. The third-order valence-corrected chi connectivity index (χ3v) is 5.54. The van der Waals surface area contributed by atoms with Gasteiger partial charge in [0.2, 0.25) is 5.91 Å². The molecule has 0 spiro atoms. The molecule has 1 aliphatic heterocycles. The molecule has 1 N–H and O–H groups in total. The SMILES string of the molecule is O=C(O)[C@H]1CN(C(=O)Cn2ccc3ccc(Cl)cc32)C[C@@H]1C1CC1. The fraction of sp³-hybridized carbons (Fsp3) is 0.444. The van der Waals surface area contributed by atoms with Crippen LogP contribution < -0.4 is 0 Å². The number of likely N-dealkylation sites (tertiary alicyclic amines) is 1. The summed E-state index contributed by atoms with van der Waals surface area (Å²) < 4.78 is 1.88. The number of benzene rings is 1. The first kappa shape index (κ1) is 15.5. The van der Waals surface area contributed by atoms with E-state index in [1.165, 1.54) is 0 Å². The van der Waals surface area contributed by atoms with Crippen LogP contribution in [0.1, 0.15) is 12.8 Å². The van der Waals surface area contributed by atoms with Gasteiger partial charge in [-0.2, -0.15) is 0 Å². The summed E-state index contributed by atoms with van der Waals surface area (Å²) in [5.74, 6) is -0.628. The molecule has 2 fully saturated rings. The predicted octanol–water partition coefficient (Wildman–Crippen LogP) is 2.86. The van der Waals surface area contributed by atoms with Crippen molar-refractivity contribution < 1.29 is 14.7 Å². The number of aliphatic carboxylic acids is 1. The Hall–Kier alpha value is -2.01. The first-order chi connectivity index (χ1) is 11.5. The van der Waals surface area contributed by atoms with E-state index >= 15 is 0 Å². The molecular formula is C18H19ClN2O3. The van der Waals surface area contributed by atoms with Crippen molar-refractivity contribution in [2.45, 2.75) is 19.4 Å². The van der Waals surface area contributed by atoms with E-state index < -0.39 is 11.9 Å². The largest absolute Gasteiger partial charge is 0.481 e. The number of aromatic nitrogens is 1. The fourth-order valence-corrected chi connectivity index (χ4v) is 4.00. The molecule has 2 aromatic rings. The number of hydrogen-bond acceptors (Lipinski definition) is 2. The minimum absolute atomic E-state index is 0.0260. The summed E-state index contributed by atoms with van der Waals surface area (Å²) in [5, 5.41) is 11.1. The smallest absolute Gasteiger partial charge is 0.308 e. The number of carboxylic acids is 1. The van der Waals surface area contributed by atoms with E-state index in [2.05, 4.69) is 0 Å². The Labute approximate surface area is 144 Å². The Morgan fingerprint density at radius 3 is 2.71 bits per heavy atom. The molecule has 1 saturated heterocycles. The van der Waals surface area contributed by atoms with E-state index in [-0.39, 0.29) is 18.4 Å². The van der Waals surface area contributed by atoms with Crippen LogP contribution in [0.15, 0.2) is 30.5 Å². The van der Waals surface area contributed by atoms with Gasteiger partial charge < -0.3 is 14.6 Å². The molecule has 0 unspecified atom stereocenters. The van der Waals surface area contributed by atoms with Crippen LogP contribution in [-0.4, -0.2) is 39.5 Å². The molecule has 1 amide bonds. The molecular weight excluding hydrogens is 328 g/mol. The van der Waals surface area contributed by atoms with Gasteiger partial charge in [-0.15, -0.1) is 0 Å². The Morgan fingerprint density at radius 1 is 1.21 bits per heavy atom. The van der Waals surface area contributed by atoms with Gasteiger partial charge in [0.25, 0.3) is 0 Å². The van der Waals surface area contributed by atoms with Crippen LogP contribution in [0.4, 0.5) is 0 Å². The molecule has 2 atom stereocenters. The number of carboxylic acid groups (broad SMARTS) is 1. The van der Waals surface area contributed by atoms with Crippen LogP contribution in [0.25, 0.3) is 10.9 Å². The average Bonchev–Trinajstić information content (AvgIpc) is 3.17. The zero-order chi connectivity index (χ0) is 16.8. The Kier molecular flexibility index (Phi) is 3.76.